The molecule has 0 saturated carbocycles. The summed E-state index contributed by atoms with van der Waals surface area (Å²) in [5, 5.41) is 3.27. The van der Waals surface area contributed by atoms with Gasteiger partial charge in [-0.1, -0.05) is 49.9 Å². The lowest BCUT2D eigenvalue weighted by Gasteiger charge is -2.22. The number of nitrogens with zero attached hydrogens (tertiary/aromatic N) is 2. The van der Waals surface area contributed by atoms with Gasteiger partial charge in [-0.3, -0.25) is 9.69 Å². The number of amides is 3. The third kappa shape index (κ3) is 4.79. The molecule has 0 bridgehead atoms. The first-order valence-corrected chi connectivity index (χ1v) is 10.6. The van der Waals surface area contributed by atoms with Crippen molar-refractivity contribution in [2.75, 3.05) is 16.4 Å². The minimum atomic E-state index is -0.477. The van der Waals surface area contributed by atoms with Gasteiger partial charge < -0.3 is 11.1 Å². The van der Waals surface area contributed by atoms with Gasteiger partial charge in [-0.05, 0) is 54.7 Å². The summed E-state index contributed by atoms with van der Waals surface area (Å²) in [5.41, 5.74) is 10.2. The quantitative estimate of drug-likeness (QED) is 0.721. The van der Waals surface area contributed by atoms with Crippen LogP contribution in [0.2, 0.25) is 0 Å². The van der Waals surface area contributed by atoms with Crippen LogP contribution in [0.4, 0.5) is 16.2 Å². The predicted octanol–water partition coefficient (Wildman–Crippen LogP) is 4.61. The summed E-state index contributed by atoms with van der Waals surface area (Å²) in [4.78, 5) is 30.9. The average Bonchev–Trinajstić information content (AvgIpc) is 3.01. The van der Waals surface area contributed by atoms with Crippen molar-refractivity contribution in [2.24, 2.45) is 4.99 Å². The molecule has 0 aliphatic carbocycles. The van der Waals surface area contributed by atoms with Crippen LogP contribution in [0.5, 0.6) is 0 Å². The van der Waals surface area contributed by atoms with Crippen LogP contribution in [-0.4, -0.2) is 22.9 Å². The summed E-state index contributed by atoms with van der Waals surface area (Å²) in [5.74, 6) is 0.440. The summed E-state index contributed by atoms with van der Waals surface area (Å²) < 4.78 is 0. The molecule has 0 spiro atoms. The third-order valence-electron chi connectivity index (χ3n) is 4.79. The Labute approximate surface area is 175 Å². The van der Waals surface area contributed by atoms with Gasteiger partial charge in [0, 0.05) is 5.69 Å². The zero-order valence-corrected chi connectivity index (χ0v) is 17.9. The molecule has 7 heteroatoms. The van der Waals surface area contributed by atoms with E-state index < -0.39 is 6.03 Å². The highest BCUT2D eigenvalue weighted by molar-refractivity contribution is 8.15. The van der Waals surface area contributed by atoms with Crippen molar-refractivity contribution in [1.82, 2.24) is 5.32 Å². The number of nitrogens with one attached hydrogen (secondary N) is 1. The van der Waals surface area contributed by atoms with Crippen LogP contribution in [-0.2, 0) is 4.79 Å². The molecule has 3 rings (SSSR count). The van der Waals surface area contributed by atoms with Gasteiger partial charge in [-0.15, -0.1) is 0 Å². The van der Waals surface area contributed by atoms with Crippen molar-refractivity contribution in [2.45, 2.75) is 39.7 Å². The molecule has 152 valence electrons. The number of benzene rings is 2. The molecule has 2 aromatic rings. The third-order valence-corrected chi connectivity index (χ3v) is 5.71. The normalized spacial score (nSPS) is 16.5. The van der Waals surface area contributed by atoms with Crippen molar-refractivity contribution in [3.8, 4) is 0 Å². The van der Waals surface area contributed by atoms with Gasteiger partial charge in [0.1, 0.15) is 0 Å². The molecule has 1 unspecified atom stereocenters. The van der Waals surface area contributed by atoms with E-state index in [1.54, 1.807) is 17.0 Å². The second kappa shape index (κ2) is 8.69. The molecular formula is C22H26N4O2S. The number of urea groups is 1. The standard InChI is InChI=1S/C22H26N4O2S/c1-13(2)18-10-5-14(3)11-19(18)26-20(27)12-29-22(26)25-21(28)24-15(4)16-6-8-17(23)9-7-16/h5-11,13,15H,12,23H2,1-4H3,(H,24,28). The second-order valence-corrected chi connectivity index (χ2v) is 8.41. The van der Waals surface area contributed by atoms with Crippen LogP contribution in [0.25, 0.3) is 0 Å². The van der Waals surface area contributed by atoms with Crippen molar-refractivity contribution in [3.05, 3.63) is 59.2 Å². The molecule has 0 aromatic heterocycles. The first kappa shape index (κ1) is 20.9. The van der Waals surface area contributed by atoms with E-state index in [0.29, 0.717) is 10.9 Å². The molecule has 1 heterocycles. The van der Waals surface area contributed by atoms with E-state index in [9.17, 15) is 9.59 Å². The second-order valence-electron chi connectivity index (χ2n) is 7.47. The number of aliphatic imine (C=N–C) groups is 1. The molecule has 1 aliphatic heterocycles. The average molecular weight is 411 g/mol. The summed E-state index contributed by atoms with van der Waals surface area (Å²) in [7, 11) is 0. The molecule has 1 atom stereocenters. The fourth-order valence-electron chi connectivity index (χ4n) is 3.19. The van der Waals surface area contributed by atoms with Crippen LogP contribution < -0.4 is 16.0 Å². The van der Waals surface area contributed by atoms with E-state index >= 15 is 0 Å². The summed E-state index contributed by atoms with van der Waals surface area (Å²) in [6.07, 6.45) is 0. The molecule has 1 saturated heterocycles. The van der Waals surface area contributed by atoms with Crippen LogP contribution in [0, 0.1) is 6.92 Å². The number of carbonyl (C=O) groups is 2. The highest BCUT2D eigenvalue weighted by Gasteiger charge is 2.32. The highest BCUT2D eigenvalue weighted by atomic mass is 32.2. The Morgan fingerprint density at radius 1 is 1.17 bits per heavy atom. The molecule has 6 nitrogen and oxygen atoms in total. The van der Waals surface area contributed by atoms with E-state index in [1.807, 2.05) is 44.2 Å². The van der Waals surface area contributed by atoms with E-state index in [0.717, 1.165) is 22.4 Å². The maximum Gasteiger partial charge on any atom is 0.343 e. The Morgan fingerprint density at radius 3 is 2.52 bits per heavy atom. The van der Waals surface area contributed by atoms with Gasteiger partial charge in [0.25, 0.3) is 0 Å². The van der Waals surface area contributed by atoms with E-state index in [1.165, 1.54) is 11.8 Å². The lowest BCUT2D eigenvalue weighted by atomic mass is 9.99. The van der Waals surface area contributed by atoms with Crippen LogP contribution in [0.1, 0.15) is 49.4 Å². The van der Waals surface area contributed by atoms with Gasteiger partial charge >= 0.3 is 6.03 Å². The zero-order valence-electron chi connectivity index (χ0n) is 17.1. The number of anilines is 2. The van der Waals surface area contributed by atoms with E-state index in [-0.39, 0.29) is 23.6 Å². The number of nitrogens with two attached hydrogens (primary N) is 1. The van der Waals surface area contributed by atoms with Crippen molar-refractivity contribution in [1.29, 1.82) is 0 Å². The Balaban J connectivity index is 1.85. The molecule has 29 heavy (non-hydrogen) atoms. The molecule has 2 aromatic carbocycles. The Hall–Kier alpha value is -2.80. The first-order chi connectivity index (χ1) is 13.8. The van der Waals surface area contributed by atoms with Gasteiger partial charge in [-0.25, -0.2) is 4.79 Å². The predicted molar refractivity (Wildman–Crippen MR) is 120 cm³/mol. The topological polar surface area (TPSA) is 87.8 Å². The smallest absolute Gasteiger partial charge is 0.343 e. The summed E-state index contributed by atoms with van der Waals surface area (Å²) in [6.45, 7) is 8.03. The Bertz CT molecular complexity index is 954. The molecule has 3 amide bonds. The first-order valence-electron chi connectivity index (χ1n) is 9.57. The maximum absolute atomic E-state index is 12.6. The largest absolute Gasteiger partial charge is 0.399 e. The molecular weight excluding hydrogens is 384 g/mol. The highest BCUT2D eigenvalue weighted by Crippen LogP contribution is 2.34. The molecule has 3 N–H and O–H groups in total. The monoisotopic (exact) mass is 410 g/mol. The Morgan fingerprint density at radius 2 is 1.86 bits per heavy atom. The van der Waals surface area contributed by atoms with Crippen molar-refractivity contribution >= 4 is 40.2 Å². The van der Waals surface area contributed by atoms with Gasteiger partial charge in [0.15, 0.2) is 5.17 Å². The van der Waals surface area contributed by atoms with E-state index in [2.05, 4.69) is 24.2 Å². The summed E-state index contributed by atoms with van der Waals surface area (Å²) >= 11 is 1.28. The number of hydrogen-bond donors (Lipinski definition) is 2. The number of rotatable bonds is 4. The number of carbonyl (C=O) groups excluding carboxylic acids is 2. The number of aryl methyl sites for hydroxylation is 1. The number of thioether (sulfide) groups is 1. The van der Waals surface area contributed by atoms with Crippen LogP contribution >= 0.6 is 11.8 Å². The zero-order chi connectivity index (χ0) is 21.1. The lowest BCUT2D eigenvalue weighted by molar-refractivity contribution is -0.115. The van der Waals surface area contributed by atoms with Crippen molar-refractivity contribution in [3.63, 3.8) is 0 Å². The van der Waals surface area contributed by atoms with Gasteiger partial charge in [0.05, 0.1) is 17.5 Å². The molecule has 0 radical (unpaired) electrons. The minimum absolute atomic E-state index is 0.0689. The number of hydrogen-bond acceptors (Lipinski definition) is 4. The fourth-order valence-corrected chi connectivity index (χ4v) is 4.05. The number of nitrogen functional groups attached to an aromatic ring is 1. The lowest BCUT2D eigenvalue weighted by Crippen LogP contribution is -2.32. The molecule has 1 aliphatic rings. The summed E-state index contributed by atoms with van der Waals surface area (Å²) in [6, 6.07) is 12.7. The van der Waals surface area contributed by atoms with Gasteiger partial charge in [-0.2, -0.15) is 4.99 Å². The molecule has 1 fully saturated rings. The maximum atomic E-state index is 12.6. The Kier molecular flexibility index (Phi) is 6.27. The van der Waals surface area contributed by atoms with Gasteiger partial charge in [0.2, 0.25) is 5.91 Å². The van der Waals surface area contributed by atoms with Crippen molar-refractivity contribution < 1.29 is 9.59 Å². The van der Waals surface area contributed by atoms with Crippen LogP contribution in [0.3, 0.4) is 0 Å². The van der Waals surface area contributed by atoms with Crippen LogP contribution in [0.15, 0.2) is 47.5 Å². The number of amidine groups is 1. The van der Waals surface area contributed by atoms with E-state index in [4.69, 9.17) is 5.73 Å². The minimum Gasteiger partial charge on any atom is -0.399 e. The SMILES string of the molecule is Cc1ccc(C(C)C)c(N2C(=O)CSC2=NC(=O)NC(C)c2ccc(N)cc2)c1. The fraction of sp³-hybridized carbons (Fsp3) is 0.318.